The van der Waals surface area contributed by atoms with Gasteiger partial charge in [0, 0.05) is 13.2 Å². The van der Waals surface area contributed by atoms with Crippen molar-refractivity contribution in [2.75, 3.05) is 20.3 Å². The molecule has 0 saturated carbocycles. The average molecular weight is 409 g/mol. The van der Waals surface area contributed by atoms with Crippen LogP contribution in [0.4, 0.5) is 4.39 Å². The van der Waals surface area contributed by atoms with Crippen LogP contribution in [0.5, 0.6) is 5.75 Å². The highest BCUT2D eigenvalue weighted by Crippen LogP contribution is 2.39. The molecule has 5 rings (SSSR count). The lowest BCUT2D eigenvalue weighted by molar-refractivity contribution is 0.0486. The number of amides is 1. The molecule has 3 heterocycles. The maximum atomic E-state index is 13.8. The number of methoxy groups -OCH3 is 1. The minimum Gasteiger partial charge on any atom is -0.497 e. The van der Waals surface area contributed by atoms with Crippen molar-refractivity contribution >= 4 is 16.9 Å². The third kappa shape index (κ3) is 2.97. The molecular weight excluding hydrogens is 389 g/mol. The molecule has 2 aliphatic heterocycles. The van der Waals surface area contributed by atoms with Crippen molar-refractivity contribution in [3.05, 3.63) is 75.4 Å². The Balaban J connectivity index is 1.71. The van der Waals surface area contributed by atoms with Crippen molar-refractivity contribution in [2.24, 2.45) is 0 Å². The number of fused-ring (bicyclic) bond motifs is 2. The van der Waals surface area contributed by atoms with Gasteiger partial charge in [-0.1, -0.05) is 12.1 Å². The van der Waals surface area contributed by atoms with Crippen LogP contribution in [0.2, 0.25) is 0 Å². The molecule has 6 nitrogen and oxygen atoms in total. The first-order valence-corrected chi connectivity index (χ1v) is 9.89. The first-order valence-electron chi connectivity index (χ1n) is 9.89. The second kappa shape index (κ2) is 7.25. The summed E-state index contributed by atoms with van der Waals surface area (Å²) >= 11 is 0. The van der Waals surface area contributed by atoms with E-state index in [0.29, 0.717) is 18.9 Å². The summed E-state index contributed by atoms with van der Waals surface area (Å²) in [6, 6.07) is 10.3. The molecule has 1 aromatic heterocycles. The van der Waals surface area contributed by atoms with Gasteiger partial charge in [0.05, 0.1) is 30.2 Å². The van der Waals surface area contributed by atoms with E-state index < -0.39 is 17.3 Å². The van der Waals surface area contributed by atoms with Crippen molar-refractivity contribution in [3.63, 3.8) is 0 Å². The summed E-state index contributed by atoms with van der Waals surface area (Å²) in [5.41, 5.74) is 0.741. The normalized spacial score (nSPS) is 20.7. The van der Waals surface area contributed by atoms with Gasteiger partial charge in [-0.25, -0.2) is 4.39 Å². The number of rotatable bonds is 4. The molecule has 2 unspecified atom stereocenters. The topological polar surface area (TPSA) is 69.0 Å². The van der Waals surface area contributed by atoms with Crippen LogP contribution >= 0.6 is 0 Å². The van der Waals surface area contributed by atoms with E-state index in [1.807, 2.05) is 12.1 Å². The van der Waals surface area contributed by atoms with Crippen molar-refractivity contribution in [1.29, 1.82) is 0 Å². The number of carbonyl (C=O) groups excluding carboxylic acids is 1. The summed E-state index contributed by atoms with van der Waals surface area (Å²) in [7, 11) is 1.56. The molecule has 0 N–H and O–H groups in total. The molecule has 2 aromatic carbocycles. The van der Waals surface area contributed by atoms with Gasteiger partial charge >= 0.3 is 0 Å². The molecule has 0 spiro atoms. The molecular formula is C23H20FNO5. The molecule has 30 heavy (non-hydrogen) atoms. The average Bonchev–Trinajstić information content (AvgIpc) is 3.36. The zero-order chi connectivity index (χ0) is 20.8. The quantitative estimate of drug-likeness (QED) is 0.658. The zero-order valence-electron chi connectivity index (χ0n) is 16.4. The maximum Gasteiger partial charge on any atom is 0.291 e. The molecule has 0 bridgehead atoms. The number of ether oxygens (including phenoxy) is 2. The zero-order valence-corrected chi connectivity index (χ0v) is 16.4. The van der Waals surface area contributed by atoms with Crippen LogP contribution in [0.25, 0.3) is 11.0 Å². The van der Waals surface area contributed by atoms with Gasteiger partial charge in [0.1, 0.15) is 17.1 Å². The largest absolute Gasteiger partial charge is 0.497 e. The summed E-state index contributed by atoms with van der Waals surface area (Å²) in [5.74, 6) is -0.281. The van der Waals surface area contributed by atoms with Gasteiger partial charge in [-0.3, -0.25) is 9.59 Å². The van der Waals surface area contributed by atoms with Crippen LogP contribution in [0.1, 0.15) is 40.6 Å². The predicted octanol–water partition coefficient (Wildman–Crippen LogP) is 3.66. The summed E-state index contributed by atoms with van der Waals surface area (Å²) in [6.45, 7) is 0.999. The highest BCUT2D eigenvalue weighted by atomic mass is 19.1. The van der Waals surface area contributed by atoms with Gasteiger partial charge in [-0.05, 0) is 48.7 Å². The number of halogens is 1. The minimum atomic E-state index is -0.657. The van der Waals surface area contributed by atoms with Gasteiger partial charge in [-0.2, -0.15) is 0 Å². The molecule has 1 fully saturated rings. The monoisotopic (exact) mass is 409 g/mol. The maximum absolute atomic E-state index is 13.8. The summed E-state index contributed by atoms with van der Waals surface area (Å²) in [4.78, 5) is 28.3. The van der Waals surface area contributed by atoms with E-state index in [1.165, 1.54) is 12.1 Å². The summed E-state index contributed by atoms with van der Waals surface area (Å²) in [6.07, 6.45) is 1.68. The van der Waals surface area contributed by atoms with Crippen LogP contribution in [0, 0.1) is 5.82 Å². The van der Waals surface area contributed by atoms with Crippen LogP contribution in [0.3, 0.4) is 0 Å². The van der Waals surface area contributed by atoms with E-state index in [1.54, 1.807) is 24.1 Å². The van der Waals surface area contributed by atoms with E-state index in [-0.39, 0.29) is 34.3 Å². The van der Waals surface area contributed by atoms with E-state index >= 15 is 0 Å². The number of benzene rings is 2. The molecule has 154 valence electrons. The van der Waals surface area contributed by atoms with Gasteiger partial charge in [0.25, 0.3) is 5.91 Å². The van der Waals surface area contributed by atoms with Gasteiger partial charge < -0.3 is 18.8 Å². The summed E-state index contributed by atoms with van der Waals surface area (Å²) in [5, 5.41) is 0.119. The van der Waals surface area contributed by atoms with Crippen LogP contribution in [0.15, 0.2) is 51.7 Å². The molecule has 1 amide bonds. The third-order valence-electron chi connectivity index (χ3n) is 5.76. The van der Waals surface area contributed by atoms with Crippen molar-refractivity contribution in [3.8, 4) is 5.75 Å². The molecule has 0 aliphatic carbocycles. The number of nitrogens with zero attached hydrogens (tertiary/aromatic N) is 1. The molecule has 3 aromatic rings. The lowest BCUT2D eigenvalue weighted by atomic mass is 9.98. The first kappa shape index (κ1) is 18.8. The van der Waals surface area contributed by atoms with Crippen molar-refractivity contribution in [1.82, 2.24) is 4.90 Å². The lowest BCUT2D eigenvalue weighted by Crippen LogP contribution is -2.36. The standard InChI is InChI=1S/C23H20FNO5/c1-28-15-5-2-4-13(10-15)20-19-21(26)17-11-14(24)7-8-18(17)30-22(19)23(27)25(20)12-16-6-3-9-29-16/h2,4-5,7-8,10-11,16,20H,3,6,9,12H2,1H3. The Hall–Kier alpha value is -3.19. The van der Waals surface area contributed by atoms with Crippen LogP contribution in [-0.2, 0) is 4.74 Å². The second-order valence-corrected chi connectivity index (χ2v) is 7.59. The Morgan fingerprint density at radius 1 is 1.20 bits per heavy atom. The fourth-order valence-corrected chi connectivity index (χ4v) is 4.35. The van der Waals surface area contributed by atoms with E-state index in [4.69, 9.17) is 13.9 Å². The van der Waals surface area contributed by atoms with Gasteiger partial charge in [0.2, 0.25) is 5.76 Å². The van der Waals surface area contributed by atoms with E-state index in [0.717, 1.165) is 24.5 Å². The van der Waals surface area contributed by atoms with Crippen molar-refractivity contribution < 1.29 is 23.1 Å². The highest BCUT2D eigenvalue weighted by molar-refractivity contribution is 5.99. The van der Waals surface area contributed by atoms with Crippen molar-refractivity contribution in [2.45, 2.75) is 25.0 Å². The Kier molecular flexibility index (Phi) is 4.55. The first-order chi connectivity index (χ1) is 14.6. The SMILES string of the molecule is COc1cccc(C2c3c(oc4ccc(F)cc4c3=O)C(=O)N2CC2CCCO2)c1. The Labute approximate surface area is 171 Å². The van der Waals surface area contributed by atoms with E-state index in [2.05, 4.69) is 0 Å². The molecule has 0 radical (unpaired) electrons. The number of hydrogen-bond acceptors (Lipinski definition) is 5. The predicted molar refractivity (Wildman–Crippen MR) is 107 cm³/mol. The fraction of sp³-hybridized carbons (Fsp3) is 0.304. The molecule has 2 aliphatic rings. The fourth-order valence-electron chi connectivity index (χ4n) is 4.35. The van der Waals surface area contributed by atoms with Gasteiger partial charge in [-0.15, -0.1) is 0 Å². The van der Waals surface area contributed by atoms with Crippen LogP contribution < -0.4 is 10.2 Å². The Morgan fingerprint density at radius 3 is 2.83 bits per heavy atom. The summed E-state index contributed by atoms with van der Waals surface area (Å²) < 4.78 is 30.7. The number of hydrogen-bond donors (Lipinski definition) is 0. The Morgan fingerprint density at radius 2 is 2.07 bits per heavy atom. The minimum absolute atomic E-state index is 0.00456. The second-order valence-electron chi connectivity index (χ2n) is 7.59. The number of carbonyl (C=O) groups is 1. The van der Waals surface area contributed by atoms with Gasteiger partial charge in [0.15, 0.2) is 5.43 Å². The molecule has 7 heteroatoms. The third-order valence-corrected chi connectivity index (χ3v) is 5.76. The molecule has 1 saturated heterocycles. The van der Waals surface area contributed by atoms with Crippen LogP contribution in [-0.4, -0.2) is 37.2 Å². The highest BCUT2D eigenvalue weighted by Gasteiger charge is 2.44. The Bertz CT molecular complexity index is 1200. The smallest absolute Gasteiger partial charge is 0.291 e. The lowest BCUT2D eigenvalue weighted by Gasteiger charge is -2.27. The molecule has 2 atom stereocenters. The van der Waals surface area contributed by atoms with E-state index in [9.17, 15) is 14.0 Å².